The van der Waals surface area contributed by atoms with Crippen LogP contribution in [0.2, 0.25) is 0 Å². The van der Waals surface area contributed by atoms with Crippen LogP contribution in [0.1, 0.15) is 51.7 Å². The van der Waals surface area contributed by atoms with Crippen LogP contribution in [0.5, 0.6) is 5.75 Å². The van der Waals surface area contributed by atoms with E-state index in [0.29, 0.717) is 5.75 Å². The maximum atomic E-state index is 10.3. The molecule has 1 aliphatic rings. The number of phenols is 1. The number of benzene rings is 1. The molecule has 1 aromatic rings. The molecule has 1 N–H and O–H groups in total. The SMILES string of the molecule is CCC1(c2cc(C(C)(C)C)ccc2O)C=CC=CC1. The van der Waals surface area contributed by atoms with Crippen molar-refractivity contribution in [3.63, 3.8) is 0 Å². The van der Waals surface area contributed by atoms with Gasteiger partial charge in [0.2, 0.25) is 0 Å². The van der Waals surface area contributed by atoms with Crippen LogP contribution < -0.4 is 0 Å². The van der Waals surface area contributed by atoms with Crippen molar-refractivity contribution < 1.29 is 5.11 Å². The smallest absolute Gasteiger partial charge is 0.119 e. The van der Waals surface area contributed by atoms with E-state index in [1.807, 2.05) is 12.1 Å². The maximum absolute atomic E-state index is 10.3. The molecule has 1 heteroatoms. The molecule has 0 fully saturated rings. The van der Waals surface area contributed by atoms with Crippen LogP contribution >= 0.6 is 0 Å². The summed E-state index contributed by atoms with van der Waals surface area (Å²) in [4.78, 5) is 0. The minimum atomic E-state index is -0.0555. The lowest BCUT2D eigenvalue weighted by atomic mass is 9.71. The lowest BCUT2D eigenvalue weighted by Gasteiger charge is -2.33. The highest BCUT2D eigenvalue weighted by Crippen LogP contribution is 2.42. The summed E-state index contributed by atoms with van der Waals surface area (Å²) in [5.41, 5.74) is 2.38. The number of rotatable bonds is 2. The number of hydrogen-bond acceptors (Lipinski definition) is 1. The third kappa shape index (κ3) is 2.60. The second kappa shape index (κ2) is 4.88. The summed E-state index contributed by atoms with van der Waals surface area (Å²) in [6, 6.07) is 6.06. The molecule has 0 bridgehead atoms. The van der Waals surface area contributed by atoms with Gasteiger partial charge in [-0.05, 0) is 29.9 Å². The molecule has 0 amide bonds. The van der Waals surface area contributed by atoms with Crippen molar-refractivity contribution >= 4 is 0 Å². The van der Waals surface area contributed by atoms with Crippen LogP contribution in [0.4, 0.5) is 0 Å². The van der Waals surface area contributed by atoms with Gasteiger partial charge in [0.1, 0.15) is 5.75 Å². The minimum Gasteiger partial charge on any atom is -0.508 e. The summed E-state index contributed by atoms with van der Waals surface area (Å²) in [6.07, 6.45) is 10.5. The summed E-state index contributed by atoms with van der Waals surface area (Å²) in [6.45, 7) is 8.81. The average Bonchev–Trinajstić information content (AvgIpc) is 2.38. The van der Waals surface area contributed by atoms with Gasteiger partial charge in [0, 0.05) is 11.0 Å². The molecule has 1 atom stereocenters. The van der Waals surface area contributed by atoms with Gasteiger partial charge in [-0.2, -0.15) is 0 Å². The van der Waals surface area contributed by atoms with Gasteiger partial charge in [-0.25, -0.2) is 0 Å². The Hall–Kier alpha value is -1.50. The Balaban J connectivity index is 2.54. The van der Waals surface area contributed by atoms with Gasteiger partial charge in [-0.3, -0.25) is 0 Å². The van der Waals surface area contributed by atoms with Gasteiger partial charge in [0.15, 0.2) is 0 Å². The topological polar surface area (TPSA) is 20.2 Å². The molecule has 2 rings (SSSR count). The fourth-order valence-corrected chi connectivity index (χ4v) is 2.72. The van der Waals surface area contributed by atoms with Crippen LogP contribution in [-0.2, 0) is 10.8 Å². The average molecular weight is 256 g/mol. The van der Waals surface area contributed by atoms with Crippen LogP contribution in [0.25, 0.3) is 0 Å². The Bertz CT molecular complexity index is 517. The summed E-state index contributed by atoms with van der Waals surface area (Å²) in [5, 5.41) is 10.3. The largest absolute Gasteiger partial charge is 0.508 e. The predicted molar refractivity (Wildman–Crippen MR) is 81.7 cm³/mol. The maximum Gasteiger partial charge on any atom is 0.119 e. The highest BCUT2D eigenvalue weighted by Gasteiger charge is 2.31. The zero-order chi connectivity index (χ0) is 14.1. The summed E-state index contributed by atoms with van der Waals surface area (Å²) in [5.74, 6) is 0.412. The fourth-order valence-electron chi connectivity index (χ4n) is 2.72. The highest BCUT2D eigenvalue weighted by atomic mass is 16.3. The molecule has 1 aromatic carbocycles. The summed E-state index contributed by atoms with van der Waals surface area (Å²) >= 11 is 0. The standard InChI is InChI=1S/C18H24O/c1-5-18(11-7-6-8-12-18)15-13-14(17(2,3)4)9-10-16(15)19/h6-11,13,19H,5,12H2,1-4H3. The van der Waals surface area contributed by atoms with E-state index < -0.39 is 0 Å². The molecule has 0 radical (unpaired) electrons. The Morgan fingerprint density at radius 1 is 1.21 bits per heavy atom. The fraction of sp³-hybridized carbons (Fsp3) is 0.444. The first-order valence-electron chi connectivity index (χ1n) is 7.07. The van der Waals surface area contributed by atoms with Crippen molar-refractivity contribution in [2.75, 3.05) is 0 Å². The van der Waals surface area contributed by atoms with Gasteiger partial charge in [0.05, 0.1) is 0 Å². The molecule has 0 spiro atoms. The summed E-state index contributed by atoms with van der Waals surface area (Å²) in [7, 11) is 0. The second-order valence-electron chi connectivity index (χ2n) is 6.48. The minimum absolute atomic E-state index is 0.0555. The third-order valence-corrected chi connectivity index (χ3v) is 4.17. The zero-order valence-corrected chi connectivity index (χ0v) is 12.4. The molecule has 1 unspecified atom stereocenters. The number of aromatic hydroxyl groups is 1. The van der Waals surface area contributed by atoms with Gasteiger partial charge in [0.25, 0.3) is 0 Å². The van der Waals surface area contributed by atoms with Crippen LogP contribution in [0.3, 0.4) is 0 Å². The van der Waals surface area contributed by atoms with Gasteiger partial charge in [-0.15, -0.1) is 0 Å². The Kier molecular flexibility index (Phi) is 3.58. The molecule has 1 nitrogen and oxygen atoms in total. The molecule has 0 heterocycles. The second-order valence-corrected chi connectivity index (χ2v) is 6.48. The van der Waals surface area contributed by atoms with Gasteiger partial charge >= 0.3 is 0 Å². The monoisotopic (exact) mass is 256 g/mol. The van der Waals surface area contributed by atoms with Gasteiger partial charge in [-0.1, -0.05) is 64.1 Å². The van der Waals surface area contributed by atoms with Crippen molar-refractivity contribution in [3.05, 3.63) is 53.6 Å². The first-order valence-corrected chi connectivity index (χ1v) is 7.07. The number of allylic oxidation sites excluding steroid dienone is 4. The zero-order valence-electron chi connectivity index (χ0n) is 12.4. The third-order valence-electron chi connectivity index (χ3n) is 4.17. The quantitative estimate of drug-likeness (QED) is 0.801. The van der Waals surface area contributed by atoms with E-state index in [0.717, 1.165) is 18.4 Å². The van der Waals surface area contributed by atoms with Crippen molar-refractivity contribution in [3.8, 4) is 5.75 Å². The van der Waals surface area contributed by atoms with Gasteiger partial charge < -0.3 is 5.11 Å². The normalized spacial score (nSPS) is 22.7. The Labute approximate surface area is 116 Å². The number of phenolic OH excluding ortho intramolecular Hbond substituents is 1. The Morgan fingerprint density at radius 3 is 2.47 bits per heavy atom. The van der Waals surface area contributed by atoms with E-state index in [1.165, 1.54) is 5.56 Å². The van der Waals surface area contributed by atoms with E-state index in [4.69, 9.17) is 0 Å². The molecule has 1 aliphatic carbocycles. The van der Waals surface area contributed by atoms with Crippen molar-refractivity contribution in [1.82, 2.24) is 0 Å². The molecule has 19 heavy (non-hydrogen) atoms. The van der Waals surface area contributed by atoms with Crippen LogP contribution in [0, 0.1) is 0 Å². The predicted octanol–water partition coefficient (Wildman–Crippen LogP) is 4.85. The molecule has 0 aromatic heterocycles. The lowest BCUT2D eigenvalue weighted by Crippen LogP contribution is -2.24. The molecular weight excluding hydrogens is 232 g/mol. The summed E-state index contributed by atoms with van der Waals surface area (Å²) < 4.78 is 0. The molecule has 102 valence electrons. The lowest BCUT2D eigenvalue weighted by molar-refractivity contribution is 0.431. The first kappa shape index (κ1) is 13.9. The Morgan fingerprint density at radius 2 is 1.95 bits per heavy atom. The van der Waals surface area contributed by atoms with E-state index in [9.17, 15) is 5.11 Å². The van der Waals surface area contributed by atoms with Crippen molar-refractivity contribution in [2.24, 2.45) is 0 Å². The molecule has 0 aliphatic heterocycles. The highest BCUT2D eigenvalue weighted by molar-refractivity contribution is 5.47. The van der Waals surface area contributed by atoms with Crippen molar-refractivity contribution in [2.45, 2.75) is 51.4 Å². The van der Waals surface area contributed by atoms with Crippen molar-refractivity contribution in [1.29, 1.82) is 0 Å². The van der Waals surface area contributed by atoms with E-state index in [2.05, 4.69) is 58.1 Å². The van der Waals surface area contributed by atoms with Crippen LogP contribution in [-0.4, -0.2) is 5.11 Å². The molecular formula is C18H24O. The number of hydrogen-bond donors (Lipinski definition) is 1. The first-order chi connectivity index (χ1) is 8.89. The van der Waals surface area contributed by atoms with E-state index >= 15 is 0 Å². The van der Waals surface area contributed by atoms with E-state index in [-0.39, 0.29) is 10.8 Å². The van der Waals surface area contributed by atoms with E-state index in [1.54, 1.807) is 0 Å². The molecule has 0 saturated carbocycles. The van der Waals surface area contributed by atoms with Crippen LogP contribution in [0.15, 0.2) is 42.5 Å². The molecule has 0 saturated heterocycles.